The molecule has 0 radical (unpaired) electrons. The molecule has 1 aromatic carbocycles. The lowest BCUT2D eigenvalue weighted by atomic mass is 10.00. The van der Waals surface area contributed by atoms with Crippen molar-refractivity contribution in [3.8, 4) is 0 Å². The molecule has 5 rings (SSSR count). The van der Waals surface area contributed by atoms with Crippen molar-refractivity contribution in [3.05, 3.63) is 42.5 Å². The smallest absolute Gasteiger partial charge is 0.410 e. The fourth-order valence-electron chi connectivity index (χ4n) is 5.21. The lowest BCUT2D eigenvalue weighted by Gasteiger charge is -2.46. The van der Waals surface area contributed by atoms with E-state index in [0.717, 1.165) is 56.1 Å². The minimum Gasteiger partial charge on any atom is -0.444 e. The number of carbonyl (C=O) groups is 2. The van der Waals surface area contributed by atoms with Crippen LogP contribution in [0.15, 0.2) is 42.5 Å². The Morgan fingerprint density at radius 3 is 2.50 bits per heavy atom. The third-order valence-corrected chi connectivity index (χ3v) is 6.89. The van der Waals surface area contributed by atoms with Crippen LogP contribution in [0.25, 0.3) is 0 Å². The molecular formula is C27H36N6O3. The van der Waals surface area contributed by atoms with Crippen LogP contribution in [-0.4, -0.2) is 72.9 Å². The lowest BCUT2D eigenvalue weighted by Crippen LogP contribution is -2.56. The molecule has 1 aromatic heterocycles. The molecule has 1 N–H and O–H groups in total. The van der Waals surface area contributed by atoms with Crippen molar-refractivity contribution < 1.29 is 14.3 Å². The van der Waals surface area contributed by atoms with Gasteiger partial charge in [-0.05, 0) is 64.3 Å². The number of nitrogens with one attached hydrogen (secondary N) is 1. The predicted octanol–water partition coefficient (Wildman–Crippen LogP) is 4.55. The van der Waals surface area contributed by atoms with E-state index in [1.54, 1.807) is 4.90 Å². The Morgan fingerprint density at radius 1 is 0.944 bits per heavy atom. The van der Waals surface area contributed by atoms with Gasteiger partial charge in [0.1, 0.15) is 11.4 Å². The van der Waals surface area contributed by atoms with E-state index in [9.17, 15) is 9.59 Å². The number of pyridine rings is 1. The largest absolute Gasteiger partial charge is 0.444 e. The highest BCUT2D eigenvalue weighted by Crippen LogP contribution is 2.39. The highest BCUT2D eigenvalue weighted by Gasteiger charge is 2.38. The first-order chi connectivity index (χ1) is 17.3. The maximum atomic E-state index is 13.5. The van der Waals surface area contributed by atoms with E-state index in [0.29, 0.717) is 25.5 Å². The molecule has 36 heavy (non-hydrogen) atoms. The van der Waals surface area contributed by atoms with Crippen LogP contribution in [-0.2, 0) is 4.74 Å². The molecule has 2 fully saturated rings. The minimum atomic E-state index is -0.514. The molecule has 192 valence electrons. The number of rotatable bonds is 2. The number of anilines is 4. The molecule has 2 bridgehead atoms. The average Bonchev–Trinajstić information content (AvgIpc) is 3.10. The molecule has 9 nitrogen and oxygen atoms in total. The maximum Gasteiger partial charge on any atom is 0.410 e. The molecule has 0 saturated carbocycles. The van der Waals surface area contributed by atoms with Crippen LogP contribution < -0.4 is 20.0 Å². The van der Waals surface area contributed by atoms with Gasteiger partial charge in [-0.3, -0.25) is 4.90 Å². The summed E-state index contributed by atoms with van der Waals surface area (Å²) < 4.78 is 5.58. The van der Waals surface area contributed by atoms with Crippen molar-refractivity contribution in [1.29, 1.82) is 0 Å². The van der Waals surface area contributed by atoms with Gasteiger partial charge in [0.05, 0.1) is 11.7 Å². The number of hydrogen-bond acceptors (Lipinski definition) is 6. The number of carbonyl (C=O) groups excluding carboxylic acids is 2. The van der Waals surface area contributed by atoms with Crippen molar-refractivity contribution in [2.45, 2.75) is 51.7 Å². The van der Waals surface area contributed by atoms with E-state index in [-0.39, 0.29) is 18.2 Å². The van der Waals surface area contributed by atoms with Crippen molar-refractivity contribution >= 4 is 35.1 Å². The SMILES string of the molecule is CC(C)(C)OC(=O)N1CCCN(c2ccc3c(n2)N(C(=O)Nc2ccccc2)[C@H]2CCCN3C2)CC1. The number of urea groups is 1. The molecule has 0 unspecified atom stereocenters. The van der Waals surface area contributed by atoms with E-state index < -0.39 is 5.60 Å². The molecule has 4 heterocycles. The number of piperidine rings is 1. The van der Waals surface area contributed by atoms with Crippen LogP contribution in [0.5, 0.6) is 0 Å². The number of hydrogen-bond donors (Lipinski definition) is 1. The zero-order valence-electron chi connectivity index (χ0n) is 21.4. The molecule has 2 saturated heterocycles. The van der Waals surface area contributed by atoms with Gasteiger partial charge in [-0.15, -0.1) is 0 Å². The number of amides is 3. The van der Waals surface area contributed by atoms with E-state index in [2.05, 4.69) is 21.2 Å². The van der Waals surface area contributed by atoms with Crippen molar-refractivity contribution in [3.63, 3.8) is 0 Å². The van der Waals surface area contributed by atoms with Gasteiger partial charge in [-0.2, -0.15) is 0 Å². The second kappa shape index (κ2) is 9.87. The zero-order chi connectivity index (χ0) is 25.3. The Labute approximate surface area is 213 Å². The second-order valence-electron chi connectivity index (χ2n) is 10.7. The zero-order valence-corrected chi connectivity index (χ0v) is 21.4. The Hall–Kier alpha value is -3.49. The Bertz CT molecular complexity index is 1100. The summed E-state index contributed by atoms with van der Waals surface area (Å²) in [5, 5.41) is 3.06. The summed E-state index contributed by atoms with van der Waals surface area (Å²) in [6.45, 7) is 10.1. The summed E-state index contributed by atoms with van der Waals surface area (Å²) in [7, 11) is 0. The molecule has 3 aliphatic rings. The fraction of sp³-hybridized carbons (Fsp3) is 0.519. The standard InChI is InChI=1S/C27H36N6O3/c1-27(2,3)36-26(35)31-16-8-15-30(17-18-31)23-13-12-22-24(29-23)33(21-11-7-14-32(22)19-21)25(34)28-20-9-5-4-6-10-20/h4-6,9-10,12-13,21H,7-8,11,14-19H2,1-3H3,(H,28,34)/t21-/m0/s1. The van der Waals surface area contributed by atoms with Crippen LogP contribution in [0.3, 0.4) is 0 Å². The van der Waals surface area contributed by atoms with Gasteiger partial charge in [0.2, 0.25) is 0 Å². The third-order valence-electron chi connectivity index (χ3n) is 6.89. The van der Waals surface area contributed by atoms with Crippen LogP contribution in [0, 0.1) is 0 Å². The molecule has 3 amide bonds. The summed E-state index contributed by atoms with van der Waals surface area (Å²) in [5.74, 6) is 1.54. The third kappa shape index (κ3) is 5.20. The van der Waals surface area contributed by atoms with E-state index in [1.165, 1.54) is 0 Å². The van der Waals surface area contributed by atoms with E-state index in [1.807, 2.05) is 62.1 Å². The molecule has 0 spiro atoms. The Kier molecular flexibility index (Phi) is 6.64. The number of para-hydroxylation sites is 1. The quantitative estimate of drug-likeness (QED) is 0.663. The van der Waals surface area contributed by atoms with Gasteiger partial charge in [0.15, 0.2) is 5.82 Å². The van der Waals surface area contributed by atoms with Gasteiger partial charge in [0, 0.05) is 45.0 Å². The highest BCUT2D eigenvalue weighted by molar-refractivity contribution is 6.04. The van der Waals surface area contributed by atoms with Gasteiger partial charge < -0.3 is 24.8 Å². The second-order valence-corrected chi connectivity index (χ2v) is 10.7. The van der Waals surface area contributed by atoms with Gasteiger partial charge >= 0.3 is 12.1 Å². The van der Waals surface area contributed by atoms with Crippen LogP contribution in [0.1, 0.15) is 40.0 Å². The topological polar surface area (TPSA) is 81.2 Å². The van der Waals surface area contributed by atoms with Crippen molar-refractivity contribution in [2.24, 2.45) is 0 Å². The molecule has 9 heteroatoms. The van der Waals surface area contributed by atoms with E-state index in [4.69, 9.17) is 9.72 Å². The molecule has 3 aliphatic heterocycles. The summed E-state index contributed by atoms with van der Waals surface area (Å²) >= 11 is 0. The van der Waals surface area contributed by atoms with Gasteiger partial charge in [-0.25, -0.2) is 14.6 Å². The molecule has 1 atom stereocenters. The molecule has 0 aliphatic carbocycles. The predicted molar refractivity (Wildman–Crippen MR) is 142 cm³/mol. The molecule has 2 aromatic rings. The highest BCUT2D eigenvalue weighted by atomic mass is 16.6. The van der Waals surface area contributed by atoms with Crippen LogP contribution >= 0.6 is 0 Å². The summed E-state index contributed by atoms with van der Waals surface area (Å²) in [5.41, 5.74) is 1.26. The fourth-order valence-corrected chi connectivity index (χ4v) is 5.21. The first kappa shape index (κ1) is 24.2. The Balaban J connectivity index is 1.37. The van der Waals surface area contributed by atoms with Gasteiger partial charge in [0.25, 0.3) is 0 Å². The van der Waals surface area contributed by atoms with E-state index >= 15 is 0 Å². The Morgan fingerprint density at radius 2 is 1.72 bits per heavy atom. The summed E-state index contributed by atoms with van der Waals surface area (Å²) in [6.07, 6.45) is 2.56. The number of aromatic nitrogens is 1. The minimum absolute atomic E-state index is 0.0875. The van der Waals surface area contributed by atoms with Crippen molar-refractivity contribution in [2.75, 3.05) is 59.3 Å². The number of nitrogens with zero attached hydrogens (tertiary/aromatic N) is 5. The van der Waals surface area contributed by atoms with Crippen LogP contribution in [0.4, 0.5) is 32.6 Å². The summed E-state index contributed by atoms with van der Waals surface area (Å²) in [6, 6.07) is 13.6. The lowest BCUT2D eigenvalue weighted by molar-refractivity contribution is 0.0263. The molecular weight excluding hydrogens is 456 g/mol. The first-order valence-electron chi connectivity index (χ1n) is 12.9. The number of ether oxygens (including phenoxy) is 1. The first-order valence-corrected chi connectivity index (χ1v) is 12.9. The average molecular weight is 493 g/mol. The number of benzene rings is 1. The maximum absolute atomic E-state index is 13.5. The monoisotopic (exact) mass is 492 g/mol. The summed E-state index contributed by atoms with van der Waals surface area (Å²) in [4.78, 5) is 39.3. The van der Waals surface area contributed by atoms with Crippen molar-refractivity contribution in [1.82, 2.24) is 9.88 Å². The van der Waals surface area contributed by atoms with Gasteiger partial charge in [-0.1, -0.05) is 18.2 Å². The number of fused-ring (bicyclic) bond motifs is 4. The normalized spacial score (nSPS) is 19.9. The van der Waals surface area contributed by atoms with Crippen LogP contribution in [0.2, 0.25) is 0 Å².